The second kappa shape index (κ2) is 11.7. The molecule has 12 heteroatoms. The maximum absolute atomic E-state index is 14.1. The van der Waals surface area contributed by atoms with Crippen LogP contribution in [0.15, 0.2) is 35.1 Å². The van der Waals surface area contributed by atoms with Gasteiger partial charge in [-0.15, -0.1) is 11.6 Å². The predicted octanol–water partition coefficient (Wildman–Crippen LogP) is 4.70. The van der Waals surface area contributed by atoms with Gasteiger partial charge in [-0.25, -0.2) is 14.6 Å². The molecule has 0 saturated heterocycles. The van der Waals surface area contributed by atoms with Crippen molar-refractivity contribution in [3.05, 3.63) is 57.4 Å². The summed E-state index contributed by atoms with van der Waals surface area (Å²) < 4.78 is 18.1. The Bertz CT molecular complexity index is 1730. The van der Waals surface area contributed by atoms with E-state index < -0.39 is 43.9 Å². The molecule has 0 spiro atoms. The predicted molar refractivity (Wildman–Crippen MR) is 170 cm³/mol. The number of cyclic esters (lactones) is 1. The van der Waals surface area contributed by atoms with Crippen molar-refractivity contribution in [1.82, 2.24) is 14.9 Å². The van der Waals surface area contributed by atoms with Gasteiger partial charge in [0, 0.05) is 11.4 Å². The standard InChI is InChI=1S/C32H38ClN3O7Si/c1-7-32(42-25(37)16-34-30(40)43-31(2,3)4)22-15-24-26-20(17-36(24)28(38)21(22)18-41-29(32)39)27(44(5,6)14-10-13-33)19-11-8-9-12-23(19)35-26/h8-9,11-12,15H,7,10,13-14,16-18H2,1-6H3,(H,34,40)/t32-/m0/s1. The van der Waals surface area contributed by atoms with E-state index in [9.17, 15) is 19.2 Å². The zero-order valence-electron chi connectivity index (χ0n) is 26.0. The average Bonchev–Trinajstić information content (AvgIpc) is 3.32. The number of carbonyl (C=O) groups is 3. The molecule has 44 heavy (non-hydrogen) atoms. The molecule has 10 nitrogen and oxygen atoms in total. The van der Waals surface area contributed by atoms with Gasteiger partial charge in [-0.1, -0.05) is 44.3 Å². The Morgan fingerprint density at radius 1 is 1.18 bits per heavy atom. The molecule has 2 aromatic heterocycles. The molecule has 0 unspecified atom stereocenters. The molecule has 2 aliphatic heterocycles. The SMILES string of the molecule is CC[C@@]1(OC(=O)CNC(=O)OC(C)(C)C)C(=O)OCc2c1cc1n(c2=O)Cc2c-1nc1ccccc1c2[Si](C)(C)CCCCl. The van der Waals surface area contributed by atoms with Crippen LogP contribution in [0, 0.1) is 0 Å². The molecule has 1 N–H and O–H groups in total. The topological polar surface area (TPSA) is 126 Å². The molecule has 0 bridgehead atoms. The van der Waals surface area contributed by atoms with E-state index in [4.69, 9.17) is 30.8 Å². The van der Waals surface area contributed by atoms with Gasteiger partial charge < -0.3 is 24.1 Å². The van der Waals surface area contributed by atoms with Crippen molar-refractivity contribution in [1.29, 1.82) is 0 Å². The number of benzene rings is 1. The van der Waals surface area contributed by atoms with E-state index in [0.717, 1.165) is 28.9 Å². The minimum absolute atomic E-state index is 0.0154. The molecule has 0 saturated carbocycles. The highest BCUT2D eigenvalue weighted by Gasteiger charge is 2.50. The third-order valence-electron chi connectivity index (χ3n) is 8.24. The minimum Gasteiger partial charge on any atom is -0.457 e. The van der Waals surface area contributed by atoms with Crippen LogP contribution >= 0.6 is 11.6 Å². The Morgan fingerprint density at radius 2 is 1.91 bits per heavy atom. The number of para-hydroxylation sites is 1. The third-order valence-corrected chi connectivity index (χ3v) is 12.0. The largest absolute Gasteiger partial charge is 0.457 e. The van der Waals surface area contributed by atoms with E-state index in [1.165, 1.54) is 5.19 Å². The van der Waals surface area contributed by atoms with Gasteiger partial charge >= 0.3 is 18.0 Å². The zero-order chi connectivity index (χ0) is 32.0. The molecule has 1 aromatic carbocycles. The van der Waals surface area contributed by atoms with Gasteiger partial charge in [-0.3, -0.25) is 9.59 Å². The summed E-state index contributed by atoms with van der Waals surface area (Å²) in [4.78, 5) is 57.6. The smallest absolute Gasteiger partial charge is 0.408 e. The van der Waals surface area contributed by atoms with Crippen molar-refractivity contribution in [3.63, 3.8) is 0 Å². The molecule has 0 radical (unpaired) electrons. The highest BCUT2D eigenvalue weighted by Crippen LogP contribution is 2.41. The Morgan fingerprint density at radius 3 is 2.59 bits per heavy atom. The Hall–Kier alpha value is -3.70. The monoisotopic (exact) mass is 639 g/mol. The number of pyridine rings is 2. The molecule has 3 aromatic rings. The lowest BCUT2D eigenvalue weighted by Crippen LogP contribution is -2.49. The van der Waals surface area contributed by atoms with Crippen LogP contribution in [0.25, 0.3) is 22.3 Å². The maximum Gasteiger partial charge on any atom is 0.408 e. The second-order valence-corrected chi connectivity index (χ2v) is 18.1. The van der Waals surface area contributed by atoms with Crippen LogP contribution in [0.5, 0.6) is 0 Å². The number of rotatable bonds is 8. The number of halogens is 1. The lowest BCUT2D eigenvalue weighted by molar-refractivity contribution is -0.188. The molecule has 4 heterocycles. The molecule has 0 aliphatic carbocycles. The van der Waals surface area contributed by atoms with Crippen LogP contribution < -0.4 is 16.1 Å². The third kappa shape index (κ3) is 5.63. The van der Waals surface area contributed by atoms with Gasteiger partial charge in [0.25, 0.3) is 5.56 Å². The Kier molecular flexibility index (Phi) is 8.41. The van der Waals surface area contributed by atoms with E-state index in [1.54, 1.807) is 38.3 Å². The van der Waals surface area contributed by atoms with E-state index >= 15 is 0 Å². The number of fused-ring (bicyclic) bond motifs is 5. The van der Waals surface area contributed by atoms with Crippen LogP contribution in [0.4, 0.5) is 4.79 Å². The van der Waals surface area contributed by atoms with E-state index in [-0.39, 0.29) is 29.7 Å². The molecule has 2 aliphatic rings. The van der Waals surface area contributed by atoms with Crippen molar-refractivity contribution >= 4 is 53.8 Å². The summed E-state index contributed by atoms with van der Waals surface area (Å²) in [5.41, 5.74) is 0.659. The fourth-order valence-corrected chi connectivity index (χ4v) is 9.90. The summed E-state index contributed by atoms with van der Waals surface area (Å²) in [6, 6.07) is 10.7. The van der Waals surface area contributed by atoms with Gasteiger partial charge in [0.1, 0.15) is 18.8 Å². The first kappa shape index (κ1) is 31.7. The number of esters is 2. The summed E-state index contributed by atoms with van der Waals surface area (Å²) in [5.74, 6) is -1.07. The van der Waals surface area contributed by atoms with Crippen LogP contribution in [0.2, 0.25) is 19.1 Å². The summed E-state index contributed by atoms with van der Waals surface area (Å²) in [6.07, 6.45) is 0.104. The van der Waals surface area contributed by atoms with Gasteiger partial charge in [0.2, 0.25) is 5.60 Å². The number of nitrogens with one attached hydrogen (secondary N) is 1. The quantitative estimate of drug-likeness (QED) is 0.127. The minimum atomic E-state index is -2.04. The number of carbonyl (C=O) groups excluding carboxylic acids is 3. The lowest BCUT2D eigenvalue weighted by Gasteiger charge is -2.35. The molecular weight excluding hydrogens is 602 g/mol. The summed E-state index contributed by atoms with van der Waals surface area (Å²) in [7, 11) is -2.04. The van der Waals surface area contributed by atoms with Crippen LogP contribution in [-0.4, -0.2) is 53.7 Å². The first-order chi connectivity index (χ1) is 20.7. The number of aromatic nitrogens is 2. The molecule has 234 valence electrons. The van der Waals surface area contributed by atoms with Crippen molar-refractivity contribution < 1.29 is 28.6 Å². The number of hydrogen-bond acceptors (Lipinski definition) is 8. The van der Waals surface area contributed by atoms with E-state index in [0.29, 0.717) is 23.8 Å². The van der Waals surface area contributed by atoms with Crippen molar-refractivity contribution in [3.8, 4) is 11.4 Å². The summed E-state index contributed by atoms with van der Waals surface area (Å²) in [6.45, 7) is 11.0. The highest BCUT2D eigenvalue weighted by atomic mass is 35.5. The molecule has 5 rings (SSSR count). The zero-order valence-corrected chi connectivity index (χ0v) is 27.7. The fourth-order valence-electron chi connectivity index (χ4n) is 6.28. The number of nitrogens with zero attached hydrogens (tertiary/aromatic N) is 2. The first-order valence-corrected chi connectivity index (χ1v) is 18.6. The van der Waals surface area contributed by atoms with Crippen LogP contribution in [0.3, 0.4) is 0 Å². The van der Waals surface area contributed by atoms with Gasteiger partial charge in [-0.2, -0.15) is 0 Å². The first-order valence-electron chi connectivity index (χ1n) is 14.8. The molecule has 1 atom stereocenters. The van der Waals surface area contributed by atoms with Crippen molar-refractivity contribution in [2.75, 3.05) is 12.4 Å². The van der Waals surface area contributed by atoms with Crippen molar-refractivity contribution in [2.24, 2.45) is 0 Å². The number of amides is 1. The number of ether oxygens (including phenoxy) is 3. The average molecular weight is 640 g/mol. The molecule has 1 amide bonds. The number of hydrogen-bond donors (Lipinski definition) is 1. The molecule has 0 fully saturated rings. The van der Waals surface area contributed by atoms with Crippen molar-refractivity contribution in [2.45, 2.75) is 84.0 Å². The Balaban J connectivity index is 1.61. The van der Waals surface area contributed by atoms with Crippen LogP contribution in [0.1, 0.15) is 57.2 Å². The summed E-state index contributed by atoms with van der Waals surface area (Å²) in [5, 5.41) is 4.69. The Labute approximate surface area is 262 Å². The van der Waals surface area contributed by atoms with E-state index in [2.05, 4.69) is 24.5 Å². The lowest BCUT2D eigenvalue weighted by atomic mass is 9.85. The second-order valence-electron chi connectivity index (χ2n) is 12.9. The van der Waals surface area contributed by atoms with Gasteiger partial charge in [-0.05, 0) is 61.9 Å². The van der Waals surface area contributed by atoms with Gasteiger partial charge in [0.05, 0.1) is 37.1 Å². The fraction of sp³-hybridized carbons (Fsp3) is 0.469. The van der Waals surface area contributed by atoms with E-state index in [1.807, 2.05) is 18.2 Å². The normalized spacial score (nSPS) is 17.4. The van der Waals surface area contributed by atoms with Crippen LogP contribution in [-0.2, 0) is 42.6 Å². The summed E-state index contributed by atoms with van der Waals surface area (Å²) >= 11 is 6.11. The number of alkyl halides is 1. The van der Waals surface area contributed by atoms with Gasteiger partial charge in [0.15, 0.2) is 0 Å². The molecular formula is C32H38ClN3O7Si. The highest BCUT2D eigenvalue weighted by molar-refractivity contribution is 6.91. The maximum atomic E-state index is 14.1. The number of alkyl carbamates (subject to hydrolysis) is 1.